The Bertz CT molecular complexity index is 5690. The lowest BCUT2D eigenvalue weighted by Crippen LogP contribution is -2.42. The summed E-state index contributed by atoms with van der Waals surface area (Å²) >= 11 is 8.63. The number of ether oxygens (including phenoxy) is 7. The third kappa shape index (κ3) is 26.3. The zero-order valence-electron chi connectivity index (χ0n) is 70.4. The van der Waals surface area contributed by atoms with Crippen LogP contribution in [0.15, 0.2) is 206 Å². The van der Waals surface area contributed by atoms with Gasteiger partial charge >= 0.3 is 53.7 Å². The molecule has 7 aromatic carbocycles. The standard InChI is InChI=1S/C22H19NO3S.C19H19NO3S.C18H16O5.C12H10O2.C9H13NO2S.C6H8O4.C5H7N.C4H9NO2S/c24-19-11-16(10-15-6-3-5-13-4-1-2-7-17(13)15)20(14-8-9-14)21-23(19)18(12-27-21)22(25)26;1-23-19(22)15-11-24-18-17(13-7-8-13)14(10-16(21)20(15)18)9-12-5-3-2-4-6-12;1-18(2)22-16(20)15(17(21)23-18)14(19)10-12-8-5-7-11-6-3-4-9-13(11)12;13-12(14)8-9-5-6-10-3-1-2-4-11(10)7-9;1-12-9(11)7-5-13-8(10-7)4-6-2-3-6;1-6(2)9-4(7)3-5(8)10-6;6-4-3-5-1-2-5;1-7-4(6)3(5)2-8/h1-7,11,14,18H,8-10,12H2,(H,25,26);2-6,10,13,15H,7-9,11H2,1H3;3-9,19H,10H2,1-2H3;1-7H,8H2,(H,13,14);6-7H,2-5H2,1H3;3H2,1-2H3;5H,1-3H2;3,8H,2,5H2,1H3/t18-;15-;;;7-;;;3-/m00..0..0/s1. The van der Waals surface area contributed by atoms with Crippen molar-refractivity contribution >= 4 is 139 Å². The van der Waals surface area contributed by atoms with Crippen LogP contribution in [0.25, 0.3) is 32.3 Å². The van der Waals surface area contributed by atoms with Crippen LogP contribution in [0.1, 0.15) is 167 Å². The lowest BCUT2D eigenvalue weighted by molar-refractivity contribution is -0.231. The predicted molar refractivity (Wildman–Crippen MR) is 480 cm³/mol. The number of nitrogens with zero attached hydrogens (tertiary/aromatic N) is 4. The van der Waals surface area contributed by atoms with Crippen molar-refractivity contribution in [1.29, 1.82) is 5.26 Å². The predicted octanol–water partition coefficient (Wildman–Crippen LogP) is 15.2. The molecule has 6 fully saturated rings. The van der Waals surface area contributed by atoms with E-state index in [0.717, 1.165) is 121 Å². The molecule has 26 nitrogen and oxygen atoms in total. The maximum absolute atomic E-state index is 12.8. The number of esters is 7. The number of cyclic esters (lactones) is 4. The topological polar surface area (TPSA) is 385 Å². The molecule has 5 N–H and O–H groups in total. The number of carbonyl (C=O) groups is 9. The number of pyridine rings is 2. The number of aliphatic imine (C=N–C) groups is 1. The Labute approximate surface area is 741 Å². The highest BCUT2D eigenvalue weighted by molar-refractivity contribution is 8.14. The van der Waals surface area contributed by atoms with E-state index in [1.807, 2.05) is 115 Å². The van der Waals surface area contributed by atoms with Crippen molar-refractivity contribution in [3.63, 3.8) is 0 Å². The first-order valence-corrected chi connectivity index (χ1v) is 44.7. The number of methoxy groups -OCH3 is 3. The van der Waals surface area contributed by atoms with Gasteiger partial charge in [0.05, 0.1) is 48.9 Å². The molecule has 0 amide bonds. The van der Waals surface area contributed by atoms with Crippen LogP contribution in [0.3, 0.4) is 0 Å². The number of benzene rings is 7. The van der Waals surface area contributed by atoms with Gasteiger partial charge in [-0.05, 0) is 171 Å². The molecular weight excluding hydrogens is 1680 g/mol. The smallest absolute Gasteiger partial charge is 0.352 e. The van der Waals surface area contributed by atoms with E-state index in [4.69, 9.17) is 30.3 Å². The van der Waals surface area contributed by atoms with Crippen molar-refractivity contribution in [3.8, 4) is 6.07 Å². The number of allylic oxidation sites excluding steroid dienone is 1. The van der Waals surface area contributed by atoms with Crippen LogP contribution in [0.2, 0.25) is 0 Å². The molecule has 9 aromatic rings. The number of carbonyl (C=O) groups excluding carboxylic acids is 7. The van der Waals surface area contributed by atoms with Gasteiger partial charge in [0.2, 0.25) is 0 Å². The van der Waals surface area contributed by atoms with Gasteiger partial charge in [-0.15, -0.1) is 35.3 Å². The molecule has 4 saturated carbocycles. The van der Waals surface area contributed by atoms with Gasteiger partial charge in [0.15, 0.2) is 11.6 Å². The first-order valence-electron chi connectivity index (χ1n) is 41.1. The molecule has 7 heterocycles. The van der Waals surface area contributed by atoms with Crippen LogP contribution in [-0.2, 0) is 102 Å². The summed E-state index contributed by atoms with van der Waals surface area (Å²) in [6.07, 6.45) is 13.0. The molecule has 5 aliphatic heterocycles. The van der Waals surface area contributed by atoms with Crippen LogP contribution in [0.4, 0.5) is 0 Å². The fraction of sp³-hybridized carbons (Fsp3) is 0.379. The molecule has 0 unspecified atom stereocenters. The first kappa shape index (κ1) is 94.2. The third-order valence-electron chi connectivity index (χ3n) is 21.2. The molecule has 4 aliphatic carbocycles. The quantitative estimate of drug-likeness (QED) is 0.0101. The summed E-state index contributed by atoms with van der Waals surface area (Å²) in [7, 11) is 4.09. The molecule has 4 atom stereocenters. The molecule has 0 spiro atoms. The number of thiol groups is 1. The Morgan fingerprint density at radius 2 is 1.03 bits per heavy atom. The van der Waals surface area contributed by atoms with Gasteiger partial charge in [0.1, 0.15) is 30.3 Å². The zero-order valence-corrected chi connectivity index (χ0v) is 73.8. The highest BCUT2D eigenvalue weighted by Gasteiger charge is 2.43. The number of hydrogen-bond donors (Lipinski definition) is 5. The first-order chi connectivity index (χ1) is 59.9. The van der Waals surface area contributed by atoms with Crippen LogP contribution in [0.5, 0.6) is 0 Å². The van der Waals surface area contributed by atoms with Crippen molar-refractivity contribution in [3.05, 3.63) is 246 Å². The number of aromatic nitrogens is 2. The van der Waals surface area contributed by atoms with E-state index in [1.165, 1.54) is 124 Å². The van der Waals surface area contributed by atoms with Gasteiger partial charge in [0.25, 0.3) is 22.7 Å². The highest BCUT2D eigenvalue weighted by atomic mass is 32.2. The average molecular weight is 1780 g/mol. The number of aliphatic hydroxyl groups excluding tert-OH is 1. The largest absolute Gasteiger partial charge is 0.511 e. The van der Waals surface area contributed by atoms with E-state index >= 15 is 0 Å². The fourth-order valence-corrected chi connectivity index (χ4v) is 18.6. The second kappa shape index (κ2) is 43.4. The summed E-state index contributed by atoms with van der Waals surface area (Å²) in [4.78, 5) is 130. The Balaban J connectivity index is 0.000000145. The average Bonchev–Trinajstić information content (AvgIpc) is 1.61. The van der Waals surface area contributed by atoms with Crippen LogP contribution in [0, 0.1) is 23.2 Å². The molecule has 0 radical (unpaired) electrons. The van der Waals surface area contributed by atoms with Gasteiger partial charge in [-0.25, -0.2) is 24.0 Å². The van der Waals surface area contributed by atoms with Crippen molar-refractivity contribution in [2.75, 3.05) is 44.3 Å². The second-order valence-corrected chi connectivity index (χ2v) is 35.4. The Kier molecular flexibility index (Phi) is 32.7. The van der Waals surface area contributed by atoms with E-state index in [2.05, 4.69) is 85.1 Å². The van der Waals surface area contributed by atoms with Gasteiger partial charge in [-0.2, -0.15) is 17.9 Å². The highest BCUT2D eigenvalue weighted by Crippen LogP contribution is 2.51. The number of fused-ring (bicyclic) bond motifs is 5. The minimum Gasteiger partial charge on any atom is -0.511 e. The second-order valence-electron chi connectivity index (χ2n) is 32.0. The molecular formula is C95H101N5O21S4. The Hall–Kier alpha value is -11.5. The van der Waals surface area contributed by atoms with Crippen LogP contribution >= 0.6 is 47.9 Å². The van der Waals surface area contributed by atoms with Crippen molar-refractivity contribution in [2.45, 2.75) is 182 Å². The van der Waals surface area contributed by atoms with Crippen LogP contribution < -0.4 is 16.9 Å². The molecule has 9 aliphatic rings. The maximum Gasteiger partial charge on any atom is 0.352 e. The van der Waals surface area contributed by atoms with Gasteiger partial charge < -0.3 is 54.2 Å². The maximum atomic E-state index is 12.8. The van der Waals surface area contributed by atoms with E-state index in [-0.39, 0.29) is 54.1 Å². The summed E-state index contributed by atoms with van der Waals surface area (Å²) in [6, 6.07) is 55.3. The summed E-state index contributed by atoms with van der Waals surface area (Å²) in [5.74, 6) is -3.48. The molecule has 656 valence electrons. The number of rotatable bonds is 18. The number of thioether (sulfide) groups is 3. The lowest BCUT2D eigenvalue weighted by Gasteiger charge is -2.30. The summed E-state index contributed by atoms with van der Waals surface area (Å²) < 4.78 is 36.3. The number of aliphatic carboxylic acids is 2. The number of nitrogens with two attached hydrogens (primary N) is 1. The summed E-state index contributed by atoms with van der Waals surface area (Å²) in [6.45, 7) is 5.95. The number of carboxylic acid groups (broad SMARTS) is 2. The van der Waals surface area contributed by atoms with E-state index in [0.29, 0.717) is 35.5 Å². The molecule has 125 heavy (non-hydrogen) atoms. The van der Waals surface area contributed by atoms with Crippen LogP contribution in [-0.4, -0.2) is 151 Å². The molecule has 2 aromatic heterocycles. The molecule has 18 rings (SSSR count). The minimum atomic E-state index is -1.32. The third-order valence-corrected chi connectivity index (χ3v) is 25.0. The van der Waals surface area contributed by atoms with E-state index in [1.54, 1.807) is 40.2 Å². The molecule has 0 bridgehead atoms. The number of hydrogen-bond acceptors (Lipinski definition) is 26. The fourth-order valence-electron chi connectivity index (χ4n) is 14.5. The summed E-state index contributed by atoms with van der Waals surface area (Å²) in [5.41, 5.74) is 13.1. The van der Waals surface area contributed by atoms with Crippen molar-refractivity contribution < 1.29 is 91.6 Å². The molecule has 2 saturated heterocycles. The van der Waals surface area contributed by atoms with Crippen molar-refractivity contribution in [2.24, 2.45) is 22.6 Å². The summed E-state index contributed by atoms with van der Waals surface area (Å²) in [5, 5.41) is 46.0. The minimum absolute atomic E-state index is 0.0430. The normalized spacial score (nSPS) is 18.4. The number of nitriles is 1. The number of aliphatic hydroxyl groups is 1. The van der Waals surface area contributed by atoms with Gasteiger partial charge in [-0.1, -0.05) is 158 Å². The van der Waals surface area contributed by atoms with Gasteiger partial charge in [-0.3, -0.25) is 42.9 Å². The lowest BCUT2D eigenvalue weighted by atomic mass is 9.95. The monoisotopic (exact) mass is 1780 g/mol. The Morgan fingerprint density at radius 1 is 0.536 bits per heavy atom. The SMILES string of the molecule is CC1(C)OC(=O)C(=C(O)Cc2cccc3ccccc23)C(=O)O1.CC1(C)OC(=O)CC(=O)O1.COC(=O)[C@@H](N)CS.COC(=O)[C@@H]1CSC(CC2CC2)=N1.COC(=O)[C@@H]1CSc2c(C3CC3)c(Cc3ccccc3)cc(=O)n21.N#CCC1CC1.O=C(O)Cc1ccc2ccccc2c1.O=C(O)[C@@H]1CSc2c(C3CC3)c(Cc3cccc4ccccc34)cc(=O)n21. The van der Waals surface area contributed by atoms with Crippen molar-refractivity contribution in [1.82, 2.24) is 9.13 Å². The zero-order chi connectivity index (χ0) is 89.8. The van der Waals surface area contributed by atoms with E-state index < -0.39 is 77.1 Å². The van der Waals surface area contributed by atoms with Gasteiger partial charge in [0, 0.05) is 75.7 Å². The Morgan fingerprint density at radius 3 is 1.53 bits per heavy atom. The molecule has 30 heteroatoms. The van der Waals surface area contributed by atoms with E-state index in [9.17, 15) is 63.0 Å². The number of carboxylic acids is 2.